The molecule has 0 aliphatic rings. The molecule has 102 valence electrons. The maximum Gasteiger partial charge on any atom is 0.231 e. The molecule has 0 fully saturated rings. The molecule has 0 radical (unpaired) electrons. The van der Waals surface area contributed by atoms with Crippen LogP contribution in [0.25, 0.3) is 0 Å². The Balaban J connectivity index is 2.68. The minimum absolute atomic E-state index is 0.191. The summed E-state index contributed by atoms with van der Waals surface area (Å²) in [7, 11) is 0. The summed E-state index contributed by atoms with van der Waals surface area (Å²) in [4.78, 5) is 14.5. The summed E-state index contributed by atoms with van der Waals surface area (Å²) in [6.07, 6.45) is 1.62. The van der Waals surface area contributed by atoms with Gasteiger partial charge in [0.2, 0.25) is 17.2 Å². The first-order valence-electron chi connectivity index (χ1n) is 6.22. The van der Waals surface area contributed by atoms with E-state index in [4.69, 9.17) is 16.7 Å². The number of nitrogens with one attached hydrogen (secondary N) is 1. The van der Waals surface area contributed by atoms with Crippen molar-refractivity contribution in [2.24, 2.45) is 0 Å². The summed E-state index contributed by atoms with van der Waals surface area (Å²) in [5.74, 6) is 1.07. The standard InChI is InChI=1S/C11H20ClN5O/c1-3-17(4-2)11-15-9(12)14-10(16-11)13-7-5-6-8-18/h18H,3-8H2,1-2H3,(H,13,14,15,16). The van der Waals surface area contributed by atoms with Gasteiger partial charge in [0.05, 0.1) is 0 Å². The molecular formula is C11H20ClN5O. The lowest BCUT2D eigenvalue weighted by molar-refractivity contribution is 0.286. The molecule has 0 unspecified atom stereocenters. The molecule has 1 heterocycles. The molecule has 0 aliphatic carbocycles. The van der Waals surface area contributed by atoms with Crippen LogP contribution >= 0.6 is 11.6 Å². The minimum Gasteiger partial charge on any atom is -0.396 e. The van der Waals surface area contributed by atoms with Crippen molar-refractivity contribution in [3.05, 3.63) is 5.28 Å². The van der Waals surface area contributed by atoms with E-state index in [9.17, 15) is 0 Å². The number of aromatic nitrogens is 3. The highest BCUT2D eigenvalue weighted by Gasteiger charge is 2.09. The van der Waals surface area contributed by atoms with Crippen LogP contribution in [0.3, 0.4) is 0 Å². The van der Waals surface area contributed by atoms with Crippen LogP contribution in [0.1, 0.15) is 26.7 Å². The number of anilines is 2. The van der Waals surface area contributed by atoms with Crippen LogP contribution in [0.5, 0.6) is 0 Å². The zero-order valence-corrected chi connectivity index (χ0v) is 11.6. The van der Waals surface area contributed by atoms with Crippen LogP contribution in [-0.2, 0) is 0 Å². The number of rotatable bonds is 8. The molecule has 6 nitrogen and oxygen atoms in total. The molecule has 0 saturated carbocycles. The maximum absolute atomic E-state index is 8.69. The monoisotopic (exact) mass is 273 g/mol. The van der Waals surface area contributed by atoms with Crippen LogP contribution in [0.4, 0.5) is 11.9 Å². The van der Waals surface area contributed by atoms with E-state index in [1.54, 1.807) is 0 Å². The number of nitrogens with zero attached hydrogens (tertiary/aromatic N) is 4. The molecule has 0 bridgehead atoms. The maximum atomic E-state index is 8.69. The Morgan fingerprint density at radius 3 is 2.50 bits per heavy atom. The lowest BCUT2D eigenvalue weighted by Crippen LogP contribution is -2.25. The average molecular weight is 274 g/mol. The Labute approximate surface area is 112 Å². The van der Waals surface area contributed by atoms with Gasteiger partial charge >= 0.3 is 0 Å². The second-order valence-corrected chi connectivity index (χ2v) is 4.10. The summed E-state index contributed by atoms with van der Waals surface area (Å²) in [6.45, 7) is 6.62. The van der Waals surface area contributed by atoms with Gasteiger partial charge in [-0.3, -0.25) is 0 Å². The fraction of sp³-hybridized carbons (Fsp3) is 0.727. The van der Waals surface area contributed by atoms with Crippen LogP contribution in [0.15, 0.2) is 0 Å². The quantitative estimate of drug-likeness (QED) is 0.700. The predicted octanol–water partition coefficient (Wildman–Crippen LogP) is 1.56. The number of aliphatic hydroxyl groups excluding tert-OH is 1. The van der Waals surface area contributed by atoms with Gasteiger partial charge < -0.3 is 15.3 Å². The molecule has 1 aromatic rings. The zero-order chi connectivity index (χ0) is 13.4. The minimum atomic E-state index is 0.191. The van der Waals surface area contributed by atoms with Gasteiger partial charge in [-0.2, -0.15) is 15.0 Å². The molecule has 18 heavy (non-hydrogen) atoms. The lowest BCUT2D eigenvalue weighted by atomic mass is 10.3. The van der Waals surface area contributed by atoms with Crippen molar-refractivity contribution < 1.29 is 5.11 Å². The third-order valence-corrected chi connectivity index (χ3v) is 2.68. The Hall–Kier alpha value is -1.14. The summed E-state index contributed by atoms with van der Waals surface area (Å²) in [5.41, 5.74) is 0. The van der Waals surface area contributed by atoms with E-state index in [1.807, 2.05) is 18.7 Å². The van der Waals surface area contributed by atoms with E-state index in [-0.39, 0.29) is 11.9 Å². The van der Waals surface area contributed by atoms with Gasteiger partial charge in [-0.15, -0.1) is 0 Å². The predicted molar refractivity (Wildman–Crippen MR) is 73.2 cm³/mol. The zero-order valence-electron chi connectivity index (χ0n) is 10.9. The van der Waals surface area contributed by atoms with E-state index in [2.05, 4.69) is 20.3 Å². The molecule has 2 N–H and O–H groups in total. The third-order valence-electron chi connectivity index (χ3n) is 2.51. The lowest BCUT2D eigenvalue weighted by Gasteiger charge is -2.18. The van der Waals surface area contributed by atoms with Crippen LogP contribution in [-0.4, -0.2) is 46.3 Å². The van der Waals surface area contributed by atoms with Crippen molar-refractivity contribution in [2.45, 2.75) is 26.7 Å². The van der Waals surface area contributed by atoms with Gasteiger partial charge in [-0.25, -0.2) is 0 Å². The van der Waals surface area contributed by atoms with E-state index < -0.39 is 0 Å². The fourth-order valence-corrected chi connectivity index (χ4v) is 1.66. The first-order valence-corrected chi connectivity index (χ1v) is 6.60. The molecule has 1 aromatic heterocycles. The normalized spacial score (nSPS) is 10.4. The molecule has 0 spiro atoms. The molecule has 0 aromatic carbocycles. The van der Waals surface area contributed by atoms with Crippen LogP contribution in [0.2, 0.25) is 5.28 Å². The molecular weight excluding hydrogens is 254 g/mol. The summed E-state index contributed by atoms with van der Waals surface area (Å²) < 4.78 is 0. The van der Waals surface area contributed by atoms with Crippen molar-refractivity contribution in [1.82, 2.24) is 15.0 Å². The Morgan fingerprint density at radius 2 is 1.89 bits per heavy atom. The first kappa shape index (κ1) is 14.9. The Morgan fingerprint density at radius 1 is 1.17 bits per heavy atom. The van der Waals surface area contributed by atoms with Gasteiger partial charge in [0.1, 0.15) is 0 Å². The van der Waals surface area contributed by atoms with Crippen LogP contribution < -0.4 is 10.2 Å². The SMILES string of the molecule is CCN(CC)c1nc(Cl)nc(NCCCCO)n1. The van der Waals surface area contributed by atoms with Gasteiger partial charge in [-0.05, 0) is 38.3 Å². The molecule has 0 aliphatic heterocycles. The van der Waals surface area contributed by atoms with Crippen molar-refractivity contribution in [3.8, 4) is 0 Å². The molecule has 0 atom stereocenters. The smallest absolute Gasteiger partial charge is 0.231 e. The number of halogens is 1. The molecule has 0 saturated heterocycles. The van der Waals surface area contributed by atoms with Crippen molar-refractivity contribution in [1.29, 1.82) is 0 Å². The van der Waals surface area contributed by atoms with E-state index in [0.717, 1.165) is 25.9 Å². The number of aliphatic hydroxyl groups is 1. The second-order valence-electron chi connectivity index (χ2n) is 3.76. The Kier molecular flexibility index (Phi) is 6.67. The second kappa shape index (κ2) is 8.05. The Bertz CT molecular complexity index is 359. The largest absolute Gasteiger partial charge is 0.396 e. The van der Waals surface area contributed by atoms with Gasteiger partial charge in [0.25, 0.3) is 0 Å². The molecule has 7 heteroatoms. The summed E-state index contributed by atoms with van der Waals surface area (Å²) >= 11 is 5.88. The van der Waals surface area contributed by atoms with Gasteiger partial charge in [0, 0.05) is 26.2 Å². The molecule has 0 amide bonds. The third kappa shape index (κ3) is 4.62. The van der Waals surface area contributed by atoms with E-state index in [0.29, 0.717) is 18.4 Å². The van der Waals surface area contributed by atoms with E-state index in [1.165, 1.54) is 0 Å². The first-order chi connectivity index (χ1) is 8.71. The van der Waals surface area contributed by atoms with Crippen molar-refractivity contribution in [2.75, 3.05) is 36.5 Å². The van der Waals surface area contributed by atoms with Gasteiger partial charge in [0.15, 0.2) is 0 Å². The number of unbranched alkanes of at least 4 members (excludes halogenated alkanes) is 1. The van der Waals surface area contributed by atoms with Gasteiger partial charge in [-0.1, -0.05) is 0 Å². The van der Waals surface area contributed by atoms with Crippen molar-refractivity contribution >= 4 is 23.5 Å². The summed E-state index contributed by atoms with van der Waals surface area (Å²) in [5, 5.41) is 12.0. The summed E-state index contributed by atoms with van der Waals surface area (Å²) in [6, 6.07) is 0. The highest BCUT2D eigenvalue weighted by Crippen LogP contribution is 2.13. The highest BCUT2D eigenvalue weighted by atomic mass is 35.5. The number of hydrogen-bond acceptors (Lipinski definition) is 6. The topological polar surface area (TPSA) is 74.2 Å². The van der Waals surface area contributed by atoms with Crippen molar-refractivity contribution in [3.63, 3.8) is 0 Å². The average Bonchev–Trinajstić information content (AvgIpc) is 2.36. The van der Waals surface area contributed by atoms with Crippen LogP contribution in [0, 0.1) is 0 Å². The highest BCUT2D eigenvalue weighted by molar-refractivity contribution is 6.28. The molecule has 1 rings (SSSR count). The number of hydrogen-bond donors (Lipinski definition) is 2. The fourth-order valence-electron chi connectivity index (χ4n) is 1.50. The van der Waals surface area contributed by atoms with E-state index >= 15 is 0 Å².